The van der Waals surface area contributed by atoms with Gasteiger partial charge in [0, 0.05) is 18.7 Å². The first-order valence-corrected chi connectivity index (χ1v) is 6.79. The molecule has 0 fully saturated rings. The third-order valence-electron chi connectivity index (χ3n) is 2.95. The fraction of sp³-hybridized carbons (Fsp3) is 0.467. The number of carbonyl (C=O) groups excluding carboxylic acids is 2. The maximum absolute atomic E-state index is 11.7. The standard InChI is InChI=1S/C15H22N2O3/c1-20-15(19)5-3-2-4-10-17-14(18)11-12-6-8-13(16)9-7-12/h6-9H,2-5,10-11,16H2,1H3,(H,17,18). The molecule has 0 saturated heterocycles. The van der Waals surface area contributed by atoms with Crippen LogP contribution < -0.4 is 11.1 Å². The van der Waals surface area contributed by atoms with Gasteiger partial charge in [-0.2, -0.15) is 0 Å². The number of benzene rings is 1. The highest BCUT2D eigenvalue weighted by molar-refractivity contribution is 5.78. The highest BCUT2D eigenvalue weighted by atomic mass is 16.5. The Labute approximate surface area is 119 Å². The van der Waals surface area contributed by atoms with Crippen LogP contribution in [0.15, 0.2) is 24.3 Å². The van der Waals surface area contributed by atoms with Crippen molar-refractivity contribution in [3.05, 3.63) is 29.8 Å². The summed E-state index contributed by atoms with van der Waals surface area (Å²) in [7, 11) is 1.39. The summed E-state index contributed by atoms with van der Waals surface area (Å²) in [4.78, 5) is 22.5. The van der Waals surface area contributed by atoms with Gasteiger partial charge in [-0.1, -0.05) is 18.6 Å². The quantitative estimate of drug-likeness (QED) is 0.430. The van der Waals surface area contributed by atoms with E-state index < -0.39 is 0 Å². The number of methoxy groups -OCH3 is 1. The van der Waals surface area contributed by atoms with Gasteiger partial charge in [0.15, 0.2) is 0 Å². The molecule has 5 nitrogen and oxygen atoms in total. The molecule has 1 aromatic rings. The zero-order valence-corrected chi connectivity index (χ0v) is 11.9. The first kappa shape index (κ1) is 16.0. The van der Waals surface area contributed by atoms with Gasteiger partial charge in [0.25, 0.3) is 0 Å². The van der Waals surface area contributed by atoms with Crippen molar-refractivity contribution in [2.75, 3.05) is 19.4 Å². The van der Waals surface area contributed by atoms with Gasteiger partial charge in [-0.3, -0.25) is 9.59 Å². The lowest BCUT2D eigenvalue weighted by Crippen LogP contribution is -2.26. The number of nitrogen functional groups attached to an aromatic ring is 1. The molecular weight excluding hydrogens is 256 g/mol. The molecular formula is C15H22N2O3. The van der Waals surface area contributed by atoms with Crippen LogP contribution in [0.25, 0.3) is 0 Å². The van der Waals surface area contributed by atoms with Gasteiger partial charge in [0.2, 0.25) is 5.91 Å². The lowest BCUT2D eigenvalue weighted by Gasteiger charge is -2.05. The number of nitrogens with two attached hydrogens (primary N) is 1. The fourth-order valence-corrected chi connectivity index (χ4v) is 1.78. The second kappa shape index (κ2) is 8.96. The summed E-state index contributed by atoms with van der Waals surface area (Å²) in [5, 5.41) is 2.86. The van der Waals surface area contributed by atoms with Crippen LogP contribution in [-0.2, 0) is 20.7 Å². The van der Waals surface area contributed by atoms with E-state index in [0.717, 1.165) is 24.8 Å². The number of rotatable bonds is 8. The Balaban J connectivity index is 2.08. The van der Waals surface area contributed by atoms with Gasteiger partial charge >= 0.3 is 5.97 Å². The van der Waals surface area contributed by atoms with Crippen LogP contribution in [0.2, 0.25) is 0 Å². The van der Waals surface area contributed by atoms with Crippen LogP contribution in [0, 0.1) is 0 Å². The van der Waals surface area contributed by atoms with Crippen LogP contribution in [0.1, 0.15) is 31.2 Å². The lowest BCUT2D eigenvalue weighted by atomic mass is 10.1. The number of esters is 1. The van der Waals surface area contributed by atoms with E-state index in [1.807, 2.05) is 12.1 Å². The largest absolute Gasteiger partial charge is 0.469 e. The third-order valence-corrected chi connectivity index (χ3v) is 2.95. The molecule has 20 heavy (non-hydrogen) atoms. The molecule has 1 amide bonds. The monoisotopic (exact) mass is 278 g/mol. The SMILES string of the molecule is COC(=O)CCCCCNC(=O)Cc1ccc(N)cc1. The minimum Gasteiger partial charge on any atom is -0.469 e. The molecule has 0 aliphatic heterocycles. The molecule has 0 aliphatic rings. The van der Waals surface area contributed by atoms with E-state index in [-0.39, 0.29) is 11.9 Å². The van der Waals surface area contributed by atoms with Gasteiger partial charge in [-0.25, -0.2) is 0 Å². The first-order chi connectivity index (χ1) is 9.61. The normalized spacial score (nSPS) is 10.1. The van der Waals surface area contributed by atoms with Crippen molar-refractivity contribution in [3.8, 4) is 0 Å². The number of ether oxygens (including phenoxy) is 1. The number of unbranched alkanes of at least 4 members (excludes halogenated alkanes) is 2. The van der Waals surface area contributed by atoms with Gasteiger partial charge in [-0.15, -0.1) is 0 Å². The van der Waals surface area contributed by atoms with Crippen LogP contribution in [0.3, 0.4) is 0 Å². The number of amides is 1. The Hall–Kier alpha value is -2.04. The van der Waals surface area contributed by atoms with E-state index in [4.69, 9.17) is 5.73 Å². The maximum atomic E-state index is 11.7. The molecule has 0 aliphatic carbocycles. The molecule has 0 radical (unpaired) electrons. The highest BCUT2D eigenvalue weighted by Gasteiger charge is 2.03. The summed E-state index contributed by atoms with van der Waals surface area (Å²) >= 11 is 0. The average molecular weight is 278 g/mol. The van der Waals surface area contributed by atoms with Crippen molar-refractivity contribution < 1.29 is 14.3 Å². The van der Waals surface area contributed by atoms with Gasteiger partial charge < -0.3 is 15.8 Å². The van der Waals surface area contributed by atoms with Gasteiger partial charge in [0.05, 0.1) is 13.5 Å². The maximum Gasteiger partial charge on any atom is 0.305 e. The van der Waals surface area contributed by atoms with E-state index in [2.05, 4.69) is 10.1 Å². The van der Waals surface area contributed by atoms with Gasteiger partial charge in [0.1, 0.15) is 0 Å². The molecule has 0 heterocycles. The number of anilines is 1. The molecule has 110 valence electrons. The van der Waals surface area contributed by atoms with E-state index in [1.54, 1.807) is 12.1 Å². The summed E-state index contributed by atoms with van der Waals surface area (Å²) in [6.07, 6.45) is 3.36. The Morgan fingerprint density at radius 3 is 2.50 bits per heavy atom. The summed E-state index contributed by atoms with van der Waals surface area (Å²) in [6, 6.07) is 7.28. The summed E-state index contributed by atoms with van der Waals surface area (Å²) in [5.74, 6) is -0.180. The minimum atomic E-state index is -0.183. The first-order valence-electron chi connectivity index (χ1n) is 6.79. The molecule has 0 aromatic heterocycles. The van der Waals surface area contributed by atoms with Crippen molar-refractivity contribution in [3.63, 3.8) is 0 Å². The van der Waals surface area contributed by atoms with Crippen molar-refractivity contribution in [2.45, 2.75) is 32.1 Å². The average Bonchev–Trinajstić information content (AvgIpc) is 2.44. The van der Waals surface area contributed by atoms with Crippen LogP contribution in [-0.4, -0.2) is 25.5 Å². The lowest BCUT2D eigenvalue weighted by molar-refractivity contribution is -0.140. The summed E-state index contributed by atoms with van der Waals surface area (Å²) in [5.41, 5.74) is 7.22. The molecule has 3 N–H and O–H groups in total. The molecule has 1 aromatic carbocycles. The molecule has 1 rings (SSSR count). The predicted molar refractivity (Wildman–Crippen MR) is 78.1 cm³/mol. The summed E-state index contributed by atoms with van der Waals surface area (Å²) < 4.78 is 4.55. The number of hydrogen-bond acceptors (Lipinski definition) is 4. The van der Waals surface area contributed by atoms with Crippen LogP contribution in [0.4, 0.5) is 5.69 Å². The van der Waals surface area contributed by atoms with Crippen molar-refractivity contribution in [2.24, 2.45) is 0 Å². The van der Waals surface area contributed by atoms with Crippen molar-refractivity contribution >= 4 is 17.6 Å². The number of nitrogens with one attached hydrogen (secondary N) is 1. The zero-order valence-electron chi connectivity index (χ0n) is 11.9. The Kier molecular flexibility index (Phi) is 7.17. The van der Waals surface area contributed by atoms with E-state index in [1.165, 1.54) is 7.11 Å². The minimum absolute atomic E-state index is 0.00254. The Morgan fingerprint density at radius 1 is 1.15 bits per heavy atom. The van der Waals surface area contributed by atoms with E-state index >= 15 is 0 Å². The highest BCUT2D eigenvalue weighted by Crippen LogP contribution is 2.06. The number of carbonyl (C=O) groups is 2. The molecule has 5 heteroatoms. The Morgan fingerprint density at radius 2 is 1.85 bits per heavy atom. The van der Waals surface area contributed by atoms with Crippen LogP contribution in [0.5, 0.6) is 0 Å². The molecule has 0 unspecified atom stereocenters. The van der Waals surface area contributed by atoms with Crippen molar-refractivity contribution in [1.29, 1.82) is 0 Å². The molecule has 0 bridgehead atoms. The van der Waals surface area contributed by atoms with Crippen molar-refractivity contribution in [1.82, 2.24) is 5.32 Å². The third kappa shape index (κ3) is 6.78. The molecule has 0 spiro atoms. The molecule has 0 saturated carbocycles. The fourth-order valence-electron chi connectivity index (χ4n) is 1.78. The predicted octanol–water partition coefficient (Wildman–Crippen LogP) is 1.66. The second-order valence-electron chi connectivity index (χ2n) is 4.66. The zero-order chi connectivity index (χ0) is 14.8. The van der Waals surface area contributed by atoms with E-state index in [0.29, 0.717) is 25.1 Å². The second-order valence-corrected chi connectivity index (χ2v) is 4.66. The van der Waals surface area contributed by atoms with Gasteiger partial charge in [-0.05, 0) is 30.5 Å². The van der Waals surface area contributed by atoms with Crippen LogP contribution >= 0.6 is 0 Å². The Bertz CT molecular complexity index is 429. The summed E-state index contributed by atoms with van der Waals surface area (Å²) in [6.45, 7) is 0.634. The smallest absolute Gasteiger partial charge is 0.305 e. The number of hydrogen-bond donors (Lipinski definition) is 2. The topological polar surface area (TPSA) is 81.4 Å². The van der Waals surface area contributed by atoms with E-state index in [9.17, 15) is 9.59 Å². The molecule has 0 atom stereocenters.